The molecule has 0 unspecified atom stereocenters. The molecule has 0 aromatic carbocycles. The highest BCUT2D eigenvalue weighted by atomic mass is 15.1. The number of aryl methyl sites for hydroxylation is 1. The first-order chi connectivity index (χ1) is 6.59. The van der Waals surface area contributed by atoms with Gasteiger partial charge in [0.15, 0.2) is 11.1 Å². The van der Waals surface area contributed by atoms with Gasteiger partial charge in [-0.05, 0) is 0 Å². The molecule has 0 amide bonds. The topological polar surface area (TPSA) is 70.3 Å². The van der Waals surface area contributed by atoms with Crippen molar-refractivity contribution in [3.05, 3.63) is 17.6 Å². The number of rotatable bonds is 1. The molecule has 0 saturated carbocycles. The Labute approximate surface area is 81.3 Å². The van der Waals surface area contributed by atoms with E-state index >= 15 is 0 Å². The van der Waals surface area contributed by atoms with Crippen LogP contribution in [0.25, 0.3) is 11.2 Å². The van der Waals surface area contributed by atoms with Crippen molar-refractivity contribution in [1.82, 2.24) is 19.5 Å². The highest BCUT2D eigenvalue weighted by Gasteiger charge is 2.08. The number of fused-ring (bicyclic) bond motifs is 1. The maximum atomic E-state index is 7.79. The highest BCUT2D eigenvalue weighted by Crippen LogP contribution is 2.11. The smallest absolute Gasteiger partial charge is 0.182 e. The third kappa shape index (κ3) is 1.21. The molecule has 0 aliphatic carbocycles. The summed E-state index contributed by atoms with van der Waals surface area (Å²) in [6.45, 7) is 4.11. The Morgan fingerprint density at radius 2 is 2.21 bits per heavy atom. The van der Waals surface area contributed by atoms with Crippen molar-refractivity contribution in [3.8, 4) is 0 Å². The zero-order valence-electron chi connectivity index (χ0n) is 8.50. The number of aromatic nitrogens is 4. The van der Waals surface area contributed by atoms with Crippen LogP contribution in [-0.4, -0.2) is 19.5 Å². The lowest BCUT2D eigenvalue weighted by molar-refractivity contribution is 0.794. The number of hydrogen-bond donors (Lipinski definition) is 2. The normalized spacial score (nSPS) is 11.4. The summed E-state index contributed by atoms with van der Waals surface area (Å²) in [6, 6.07) is 0. The van der Waals surface area contributed by atoms with Gasteiger partial charge in [0.05, 0.1) is 6.33 Å². The van der Waals surface area contributed by atoms with Gasteiger partial charge in [-0.3, -0.25) is 5.41 Å². The average Bonchev–Trinajstić information content (AvgIpc) is 2.56. The molecule has 0 radical (unpaired) electrons. The van der Waals surface area contributed by atoms with Gasteiger partial charge in [0.25, 0.3) is 0 Å². The van der Waals surface area contributed by atoms with Crippen molar-refractivity contribution in [2.75, 3.05) is 0 Å². The van der Waals surface area contributed by atoms with Crippen molar-refractivity contribution in [3.63, 3.8) is 0 Å². The second kappa shape index (κ2) is 2.94. The van der Waals surface area contributed by atoms with Crippen molar-refractivity contribution < 1.29 is 0 Å². The van der Waals surface area contributed by atoms with Crippen LogP contribution >= 0.6 is 0 Å². The van der Waals surface area contributed by atoms with Crippen LogP contribution in [0.2, 0.25) is 0 Å². The van der Waals surface area contributed by atoms with E-state index in [2.05, 4.69) is 28.8 Å². The zero-order valence-corrected chi connectivity index (χ0v) is 8.50. The molecule has 0 aliphatic heterocycles. The van der Waals surface area contributed by atoms with Crippen molar-refractivity contribution in [1.29, 1.82) is 5.41 Å². The third-order valence-electron chi connectivity index (χ3n) is 2.19. The van der Waals surface area contributed by atoms with Gasteiger partial charge in [0.2, 0.25) is 0 Å². The maximum absolute atomic E-state index is 7.79. The van der Waals surface area contributed by atoms with E-state index in [-0.39, 0.29) is 0 Å². The molecule has 5 nitrogen and oxygen atoms in total. The molecule has 0 bridgehead atoms. The number of hydrogen-bond acceptors (Lipinski definition) is 3. The number of nitrogens with zero attached hydrogens (tertiary/aromatic N) is 3. The Hall–Kier alpha value is -1.65. The molecule has 0 spiro atoms. The highest BCUT2D eigenvalue weighted by molar-refractivity contribution is 5.68. The van der Waals surface area contributed by atoms with E-state index in [1.165, 1.54) is 0 Å². The van der Waals surface area contributed by atoms with Crippen LogP contribution in [0.15, 0.2) is 6.33 Å². The van der Waals surface area contributed by atoms with Crippen molar-refractivity contribution >= 4 is 11.2 Å². The van der Waals surface area contributed by atoms with Crippen LogP contribution in [0.1, 0.15) is 25.6 Å². The summed E-state index contributed by atoms with van der Waals surface area (Å²) in [7, 11) is 1.80. The zero-order chi connectivity index (χ0) is 10.3. The first-order valence-corrected chi connectivity index (χ1v) is 4.55. The monoisotopic (exact) mass is 191 g/mol. The standard InChI is InChI=1S/C9H13N5/c1-5(2)8-12-6-7(10)14(3)4-11-9(6)13-8/h4-5,10H,1-3H3,(H,12,13). The molecule has 74 valence electrons. The summed E-state index contributed by atoms with van der Waals surface area (Å²) in [5, 5.41) is 7.79. The van der Waals surface area contributed by atoms with Crippen LogP contribution in [0.5, 0.6) is 0 Å². The van der Waals surface area contributed by atoms with E-state index in [1.807, 2.05) is 0 Å². The molecule has 2 N–H and O–H groups in total. The third-order valence-corrected chi connectivity index (χ3v) is 2.19. The summed E-state index contributed by atoms with van der Waals surface area (Å²) >= 11 is 0. The van der Waals surface area contributed by atoms with Gasteiger partial charge in [-0.2, -0.15) is 0 Å². The van der Waals surface area contributed by atoms with Gasteiger partial charge in [-0.1, -0.05) is 13.8 Å². The molecule has 14 heavy (non-hydrogen) atoms. The molecule has 2 heterocycles. The second-order valence-corrected chi connectivity index (χ2v) is 3.68. The fourth-order valence-corrected chi connectivity index (χ4v) is 1.29. The lowest BCUT2D eigenvalue weighted by atomic mass is 10.2. The molecule has 0 saturated heterocycles. The Morgan fingerprint density at radius 1 is 1.50 bits per heavy atom. The van der Waals surface area contributed by atoms with Gasteiger partial charge < -0.3 is 9.55 Å². The number of nitrogens with one attached hydrogen (secondary N) is 2. The van der Waals surface area contributed by atoms with Gasteiger partial charge in [0, 0.05) is 13.0 Å². The summed E-state index contributed by atoms with van der Waals surface area (Å²) in [6.07, 6.45) is 1.61. The first-order valence-electron chi connectivity index (χ1n) is 4.55. The van der Waals surface area contributed by atoms with Gasteiger partial charge >= 0.3 is 0 Å². The Morgan fingerprint density at radius 3 is 2.86 bits per heavy atom. The predicted molar refractivity (Wildman–Crippen MR) is 52.8 cm³/mol. The fraction of sp³-hybridized carbons (Fsp3) is 0.444. The van der Waals surface area contributed by atoms with Gasteiger partial charge in [-0.15, -0.1) is 0 Å². The van der Waals surface area contributed by atoms with E-state index in [0.29, 0.717) is 22.6 Å². The Kier molecular flexibility index (Phi) is 1.87. The molecule has 2 aromatic rings. The molecule has 0 atom stereocenters. The van der Waals surface area contributed by atoms with Crippen LogP contribution < -0.4 is 5.49 Å². The van der Waals surface area contributed by atoms with Crippen LogP contribution in [0.3, 0.4) is 0 Å². The van der Waals surface area contributed by atoms with E-state index < -0.39 is 0 Å². The molecular weight excluding hydrogens is 178 g/mol. The first kappa shape index (κ1) is 8.93. The maximum Gasteiger partial charge on any atom is 0.182 e. The summed E-state index contributed by atoms with van der Waals surface area (Å²) in [5.41, 5.74) is 1.74. The van der Waals surface area contributed by atoms with E-state index in [1.54, 1.807) is 17.9 Å². The van der Waals surface area contributed by atoms with E-state index in [4.69, 9.17) is 5.41 Å². The van der Waals surface area contributed by atoms with Crippen molar-refractivity contribution in [2.45, 2.75) is 19.8 Å². The minimum atomic E-state index is 0.328. The average molecular weight is 191 g/mol. The van der Waals surface area contributed by atoms with Crippen LogP contribution in [0.4, 0.5) is 0 Å². The molecular formula is C9H13N5. The quantitative estimate of drug-likeness (QED) is 0.703. The minimum absolute atomic E-state index is 0.328. The molecule has 5 heteroatoms. The second-order valence-electron chi connectivity index (χ2n) is 3.68. The van der Waals surface area contributed by atoms with Gasteiger partial charge in [-0.25, -0.2) is 9.97 Å². The Balaban J connectivity index is 2.78. The van der Waals surface area contributed by atoms with Gasteiger partial charge in [0.1, 0.15) is 11.3 Å². The molecule has 2 aromatic heterocycles. The van der Waals surface area contributed by atoms with E-state index in [0.717, 1.165) is 5.82 Å². The predicted octanol–water partition coefficient (Wildman–Crippen LogP) is 0.899. The van der Waals surface area contributed by atoms with Crippen LogP contribution in [0, 0.1) is 5.41 Å². The lowest BCUT2D eigenvalue weighted by Gasteiger charge is -1.96. The van der Waals surface area contributed by atoms with Crippen molar-refractivity contribution in [2.24, 2.45) is 7.05 Å². The molecule has 0 aliphatic rings. The number of H-pyrrole nitrogens is 1. The van der Waals surface area contributed by atoms with E-state index in [9.17, 15) is 0 Å². The summed E-state index contributed by atoms with van der Waals surface area (Å²) in [5.74, 6) is 1.21. The lowest BCUT2D eigenvalue weighted by Crippen LogP contribution is -2.17. The Bertz CT molecular complexity index is 519. The molecule has 0 fully saturated rings. The molecule has 2 rings (SSSR count). The van der Waals surface area contributed by atoms with Crippen LogP contribution in [-0.2, 0) is 7.05 Å². The summed E-state index contributed by atoms with van der Waals surface area (Å²) in [4.78, 5) is 11.6. The number of imidazole rings is 1. The summed E-state index contributed by atoms with van der Waals surface area (Å²) < 4.78 is 1.66. The largest absolute Gasteiger partial charge is 0.337 e. The minimum Gasteiger partial charge on any atom is -0.337 e. The number of aromatic amines is 1. The SMILES string of the molecule is CC(C)c1nc2ncn(C)c(=N)c2[nH]1. The fourth-order valence-electron chi connectivity index (χ4n) is 1.29.